The van der Waals surface area contributed by atoms with Crippen molar-refractivity contribution in [3.05, 3.63) is 194 Å². The molecule has 0 aromatic heterocycles. The number of hydrogen-bond donors (Lipinski definition) is 0. The standard InChI is InChI=1S/C63H90O6/c1-4-7-10-13-16-19-22-25-27-29-31-33-35-38-41-44-47-50-53-56-62(65)68-59-60(58-67-61(64)55-52-49-46-43-40-37-24-21-18-15-12-9-6-3)69-63(66)57-54-51-48-45-42-39-36-34-32-30-28-26-23-20-17-14-11-8-5-2/h7-13,15-22,24-29,31-35,37-42,60H,4-6,14,23,30,36,43-59H2,1-3H3/b10-7+,11-8+,12-9+,16-13+,18-15+,20-17+,22-19+,24-21+,27-25+,28-26+,31-29+,34-32+,35-33+,40-37+,41-38+,42-39+. The smallest absolute Gasteiger partial charge is 0.306 e. The summed E-state index contributed by atoms with van der Waals surface area (Å²) in [5.74, 6) is -1.07. The largest absolute Gasteiger partial charge is 0.462 e. The number of unbranched alkanes of at least 4 members (excludes halogenated alkanes) is 9. The molecule has 0 saturated heterocycles. The molecule has 0 aliphatic carbocycles. The van der Waals surface area contributed by atoms with Crippen LogP contribution < -0.4 is 0 Å². The lowest BCUT2D eigenvalue weighted by Crippen LogP contribution is -2.30. The molecule has 0 N–H and O–H groups in total. The average molecular weight is 943 g/mol. The van der Waals surface area contributed by atoms with Gasteiger partial charge >= 0.3 is 17.9 Å². The fourth-order valence-corrected chi connectivity index (χ4v) is 6.05. The quantitative estimate of drug-likeness (QED) is 0.0199. The Morgan fingerprint density at radius 3 is 0.957 bits per heavy atom. The van der Waals surface area contributed by atoms with E-state index >= 15 is 0 Å². The first-order valence-corrected chi connectivity index (χ1v) is 26.1. The van der Waals surface area contributed by atoms with E-state index < -0.39 is 6.10 Å². The van der Waals surface area contributed by atoms with Gasteiger partial charge in [0.15, 0.2) is 6.10 Å². The zero-order valence-corrected chi connectivity index (χ0v) is 43.0. The van der Waals surface area contributed by atoms with Crippen molar-refractivity contribution in [2.45, 2.75) is 168 Å². The van der Waals surface area contributed by atoms with Gasteiger partial charge in [0.1, 0.15) is 13.2 Å². The van der Waals surface area contributed by atoms with Gasteiger partial charge in [0.25, 0.3) is 0 Å². The molecule has 1 unspecified atom stereocenters. The van der Waals surface area contributed by atoms with Crippen molar-refractivity contribution < 1.29 is 28.6 Å². The number of carbonyl (C=O) groups is 3. The summed E-state index contributed by atoms with van der Waals surface area (Å²) in [4.78, 5) is 38.0. The third-order valence-electron chi connectivity index (χ3n) is 9.86. The Hall–Kier alpha value is -5.75. The molecular weight excluding hydrogens is 853 g/mol. The molecule has 0 radical (unpaired) electrons. The van der Waals surface area contributed by atoms with E-state index in [4.69, 9.17) is 14.2 Å². The molecule has 0 spiro atoms. The van der Waals surface area contributed by atoms with Crippen LogP contribution in [0.5, 0.6) is 0 Å². The fraction of sp³-hybridized carbons (Fsp3) is 0.444. The third kappa shape index (κ3) is 53.1. The molecule has 1 atom stereocenters. The van der Waals surface area contributed by atoms with Crippen molar-refractivity contribution in [1.29, 1.82) is 0 Å². The van der Waals surface area contributed by atoms with Gasteiger partial charge in [-0.2, -0.15) is 0 Å². The van der Waals surface area contributed by atoms with Crippen LogP contribution in [-0.4, -0.2) is 37.2 Å². The molecule has 0 aromatic carbocycles. The number of rotatable bonds is 43. The summed E-state index contributed by atoms with van der Waals surface area (Å²) in [6.07, 6.45) is 84.1. The molecule has 0 aliphatic heterocycles. The summed E-state index contributed by atoms with van der Waals surface area (Å²) in [5.41, 5.74) is 0. The second-order valence-corrected chi connectivity index (χ2v) is 16.2. The summed E-state index contributed by atoms with van der Waals surface area (Å²) in [6, 6.07) is 0. The van der Waals surface area contributed by atoms with Gasteiger partial charge in [0.05, 0.1) is 0 Å². The first-order valence-electron chi connectivity index (χ1n) is 26.1. The van der Waals surface area contributed by atoms with Crippen LogP contribution in [0.2, 0.25) is 0 Å². The zero-order valence-electron chi connectivity index (χ0n) is 43.0. The maximum absolute atomic E-state index is 12.8. The molecule has 0 saturated carbocycles. The van der Waals surface area contributed by atoms with Gasteiger partial charge in [-0.15, -0.1) is 0 Å². The lowest BCUT2D eigenvalue weighted by Gasteiger charge is -2.18. The van der Waals surface area contributed by atoms with Crippen LogP contribution in [0.4, 0.5) is 0 Å². The van der Waals surface area contributed by atoms with Gasteiger partial charge in [-0.1, -0.05) is 234 Å². The molecule has 69 heavy (non-hydrogen) atoms. The Balaban J connectivity index is 4.66. The van der Waals surface area contributed by atoms with E-state index in [0.29, 0.717) is 19.3 Å². The minimum atomic E-state index is -0.844. The van der Waals surface area contributed by atoms with E-state index in [1.54, 1.807) is 0 Å². The maximum atomic E-state index is 12.8. The van der Waals surface area contributed by atoms with Crippen LogP contribution in [0.1, 0.15) is 162 Å². The monoisotopic (exact) mass is 943 g/mol. The van der Waals surface area contributed by atoms with Crippen LogP contribution >= 0.6 is 0 Å². The van der Waals surface area contributed by atoms with Gasteiger partial charge in [-0.25, -0.2) is 0 Å². The summed E-state index contributed by atoms with van der Waals surface area (Å²) < 4.78 is 16.7. The molecule has 6 nitrogen and oxygen atoms in total. The van der Waals surface area contributed by atoms with Crippen LogP contribution in [0.15, 0.2) is 194 Å². The first-order chi connectivity index (χ1) is 34.0. The maximum Gasteiger partial charge on any atom is 0.306 e. The minimum absolute atomic E-state index is 0.139. The normalized spacial score (nSPS) is 13.7. The number of carbonyl (C=O) groups excluding carboxylic acids is 3. The number of hydrogen-bond acceptors (Lipinski definition) is 6. The number of esters is 3. The molecule has 0 heterocycles. The van der Waals surface area contributed by atoms with Crippen LogP contribution in [0, 0.1) is 0 Å². The molecule has 0 aromatic rings. The summed E-state index contributed by atoms with van der Waals surface area (Å²) in [7, 11) is 0. The van der Waals surface area contributed by atoms with Crippen molar-refractivity contribution >= 4 is 17.9 Å². The fourth-order valence-electron chi connectivity index (χ4n) is 6.05. The molecule has 0 aliphatic rings. The molecule has 0 amide bonds. The van der Waals surface area contributed by atoms with E-state index in [1.807, 2.05) is 109 Å². The molecule has 0 rings (SSSR count). The number of allylic oxidation sites excluding steroid dienone is 32. The number of ether oxygens (including phenoxy) is 3. The Bertz CT molecular complexity index is 1750. The zero-order chi connectivity index (χ0) is 50.0. The SMILES string of the molecule is CC/C=C/C=C/C=C/C=C/C=C/C=C/C=C/CCCCCC(=O)OCC(COC(=O)CCCCC/C=C/C=C/C=C/C=C/CC)OC(=O)CCCCC/C=C/C/C=C/C/C=C/C/C=C/C/C=C/CC. The van der Waals surface area contributed by atoms with Gasteiger partial charge in [0.2, 0.25) is 0 Å². The average Bonchev–Trinajstić information content (AvgIpc) is 3.35. The van der Waals surface area contributed by atoms with Crippen molar-refractivity contribution in [2.24, 2.45) is 0 Å². The van der Waals surface area contributed by atoms with Crippen molar-refractivity contribution in [1.82, 2.24) is 0 Å². The summed E-state index contributed by atoms with van der Waals surface area (Å²) >= 11 is 0. The molecule has 378 valence electrons. The van der Waals surface area contributed by atoms with E-state index in [1.165, 1.54) is 0 Å². The van der Waals surface area contributed by atoms with Crippen LogP contribution in [0.3, 0.4) is 0 Å². The Labute approximate surface area is 420 Å². The van der Waals surface area contributed by atoms with Gasteiger partial charge in [-0.3, -0.25) is 14.4 Å². The molecule has 0 bridgehead atoms. The molecule has 6 heteroatoms. The second kappa shape index (κ2) is 54.9. The Morgan fingerprint density at radius 2 is 0.594 bits per heavy atom. The van der Waals surface area contributed by atoms with E-state index in [0.717, 1.165) is 103 Å². The lowest BCUT2D eigenvalue weighted by atomic mass is 10.1. The minimum Gasteiger partial charge on any atom is -0.462 e. The summed E-state index contributed by atoms with van der Waals surface area (Å²) in [6.45, 7) is 6.09. The highest BCUT2D eigenvalue weighted by Gasteiger charge is 2.19. The predicted molar refractivity (Wildman–Crippen MR) is 297 cm³/mol. The van der Waals surface area contributed by atoms with Crippen molar-refractivity contribution in [3.63, 3.8) is 0 Å². The van der Waals surface area contributed by atoms with Crippen molar-refractivity contribution in [3.8, 4) is 0 Å². The van der Waals surface area contributed by atoms with Gasteiger partial charge < -0.3 is 14.2 Å². The highest BCUT2D eigenvalue weighted by molar-refractivity contribution is 5.71. The molecule has 0 fully saturated rings. The Morgan fingerprint density at radius 1 is 0.304 bits per heavy atom. The first kappa shape index (κ1) is 63.2. The van der Waals surface area contributed by atoms with Crippen LogP contribution in [0.25, 0.3) is 0 Å². The second-order valence-electron chi connectivity index (χ2n) is 16.2. The van der Waals surface area contributed by atoms with Gasteiger partial charge in [-0.05, 0) is 103 Å². The highest BCUT2D eigenvalue weighted by Crippen LogP contribution is 2.11. The Kier molecular flexibility index (Phi) is 50.3. The molecular formula is C63H90O6. The lowest BCUT2D eigenvalue weighted by molar-refractivity contribution is -0.167. The van der Waals surface area contributed by atoms with Crippen molar-refractivity contribution in [2.75, 3.05) is 13.2 Å². The summed E-state index contributed by atoms with van der Waals surface area (Å²) in [5, 5.41) is 0. The predicted octanol–water partition coefficient (Wildman–Crippen LogP) is 17.5. The third-order valence-corrected chi connectivity index (χ3v) is 9.86. The highest BCUT2D eigenvalue weighted by atomic mass is 16.6. The topological polar surface area (TPSA) is 78.9 Å². The van der Waals surface area contributed by atoms with Crippen LogP contribution in [-0.2, 0) is 28.6 Å². The van der Waals surface area contributed by atoms with E-state index in [9.17, 15) is 14.4 Å². The van der Waals surface area contributed by atoms with E-state index in [2.05, 4.69) is 106 Å². The van der Waals surface area contributed by atoms with E-state index in [-0.39, 0.29) is 50.4 Å². The van der Waals surface area contributed by atoms with Gasteiger partial charge in [0, 0.05) is 19.3 Å².